The average Bonchev–Trinajstić information content (AvgIpc) is 2.61. The van der Waals surface area contributed by atoms with Crippen molar-refractivity contribution in [3.63, 3.8) is 0 Å². The van der Waals surface area contributed by atoms with Gasteiger partial charge in [0.2, 0.25) is 0 Å². The second-order valence-electron chi connectivity index (χ2n) is 6.35. The summed E-state index contributed by atoms with van der Waals surface area (Å²) in [6.07, 6.45) is 4.06. The van der Waals surface area contributed by atoms with Crippen LogP contribution >= 0.6 is 0 Å². The third-order valence-electron chi connectivity index (χ3n) is 4.40. The lowest BCUT2D eigenvalue weighted by molar-refractivity contribution is 0.208. The number of hydrogen-bond acceptors (Lipinski definition) is 5. The molecule has 1 atom stereocenters. The highest BCUT2D eigenvalue weighted by molar-refractivity contribution is 5.48. The van der Waals surface area contributed by atoms with E-state index >= 15 is 0 Å². The maximum atomic E-state index is 13.2. The molecule has 0 bridgehead atoms. The zero-order chi connectivity index (χ0) is 17.6. The molecule has 1 aromatic carbocycles. The van der Waals surface area contributed by atoms with Crippen LogP contribution in [0.2, 0.25) is 0 Å². The Morgan fingerprint density at radius 3 is 2.72 bits per heavy atom. The van der Waals surface area contributed by atoms with Gasteiger partial charge in [0.05, 0.1) is 0 Å². The van der Waals surface area contributed by atoms with Crippen molar-refractivity contribution in [3.8, 4) is 0 Å². The van der Waals surface area contributed by atoms with Crippen LogP contribution in [-0.2, 0) is 6.42 Å². The van der Waals surface area contributed by atoms with Gasteiger partial charge < -0.3 is 15.3 Å². The molecule has 1 fully saturated rings. The van der Waals surface area contributed by atoms with Gasteiger partial charge in [-0.25, -0.2) is 18.7 Å². The Hall–Kier alpha value is -2.28. The highest BCUT2D eigenvalue weighted by Gasteiger charge is 2.20. The first kappa shape index (κ1) is 17.5. The molecule has 2 aromatic rings. The number of rotatable bonds is 6. The second-order valence-corrected chi connectivity index (χ2v) is 6.35. The molecule has 7 heteroatoms. The van der Waals surface area contributed by atoms with E-state index in [4.69, 9.17) is 0 Å². The molecular weight excluding hydrogens is 326 g/mol. The van der Waals surface area contributed by atoms with E-state index in [1.54, 1.807) is 0 Å². The first-order valence-electron chi connectivity index (χ1n) is 8.51. The summed E-state index contributed by atoms with van der Waals surface area (Å²) in [5, 5.41) is 12.5. The minimum Gasteiger partial charge on any atom is -0.396 e. The number of aliphatic hydroxyl groups is 1. The van der Waals surface area contributed by atoms with Crippen LogP contribution in [0.15, 0.2) is 30.6 Å². The zero-order valence-corrected chi connectivity index (χ0v) is 14.0. The van der Waals surface area contributed by atoms with E-state index in [0.717, 1.165) is 37.8 Å². The molecule has 3 rings (SSSR count). The number of aliphatic hydroxyl groups excluding tert-OH is 1. The van der Waals surface area contributed by atoms with Crippen molar-refractivity contribution < 1.29 is 13.9 Å². The SMILES string of the molecule is OC[C@H]1CCCN(c2cc(NCCc3cc(F)cc(F)c3)ncn2)C1. The van der Waals surface area contributed by atoms with E-state index in [1.807, 2.05) is 6.07 Å². The third-order valence-corrected chi connectivity index (χ3v) is 4.40. The van der Waals surface area contributed by atoms with Crippen molar-refractivity contribution in [3.05, 3.63) is 47.8 Å². The lowest BCUT2D eigenvalue weighted by Gasteiger charge is -2.32. The fourth-order valence-electron chi connectivity index (χ4n) is 3.13. The molecule has 0 saturated carbocycles. The van der Waals surface area contributed by atoms with Crippen molar-refractivity contribution in [2.24, 2.45) is 5.92 Å². The van der Waals surface area contributed by atoms with Gasteiger partial charge in [-0.2, -0.15) is 0 Å². The van der Waals surface area contributed by atoms with Gasteiger partial charge in [0, 0.05) is 38.4 Å². The Labute approximate surface area is 145 Å². The highest BCUT2D eigenvalue weighted by Crippen LogP contribution is 2.22. The number of anilines is 2. The van der Waals surface area contributed by atoms with Crippen molar-refractivity contribution in [2.75, 3.05) is 36.5 Å². The van der Waals surface area contributed by atoms with Gasteiger partial charge in [0.1, 0.15) is 29.6 Å². The van der Waals surface area contributed by atoms with Crippen LogP contribution < -0.4 is 10.2 Å². The summed E-state index contributed by atoms with van der Waals surface area (Å²) in [6.45, 7) is 2.40. The predicted molar refractivity (Wildman–Crippen MR) is 92.6 cm³/mol. The highest BCUT2D eigenvalue weighted by atomic mass is 19.1. The smallest absolute Gasteiger partial charge is 0.134 e. The predicted octanol–water partition coefficient (Wildman–Crippen LogP) is 2.62. The van der Waals surface area contributed by atoms with Crippen LogP contribution in [0.4, 0.5) is 20.4 Å². The van der Waals surface area contributed by atoms with E-state index in [-0.39, 0.29) is 12.5 Å². The van der Waals surface area contributed by atoms with Gasteiger partial charge in [-0.15, -0.1) is 0 Å². The molecule has 1 aliphatic rings. The summed E-state index contributed by atoms with van der Waals surface area (Å²) in [5.41, 5.74) is 0.598. The Morgan fingerprint density at radius 1 is 1.16 bits per heavy atom. The number of benzene rings is 1. The van der Waals surface area contributed by atoms with Crippen LogP contribution in [0.3, 0.4) is 0 Å². The molecular formula is C18H22F2N4O. The molecule has 0 aliphatic carbocycles. The molecule has 0 radical (unpaired) electrons. The minimum atomic E-state index is -0.567. The summed E-state index contributed by atoms with van der Waals surface area (Å²) in [7, 11) is 0. The van der Waals surface area contributed by atoms with E-state index < -0.39 is 11.6 Å². The maximum Gasteiger partial charge on any atom is 0.134 e. The number of nitrogens with one attached hydrogen (secondary N) is 1. The summed E-state index contributed by atoms with van der Waals surface area (Å²) in [5.74, 6) is 0.647. The molecule has 1 saturated heterocycles. The monoisotopic (exact) mass is 348 g/mol. The summed E-state index contributed by atoms with van der Waals surface area (Å²) in [6, 6.07) is 5.40. The van der Waals surface area contributed by atoms with Gasteiger partial charge in [-0.3, -0.25) is 0 Å². The molecule has 1 aliphatic heterocycles. The molecule has 0 spiro atoms. The Morgan fingerprint density at radius 2 is 1.96 bits per heavy atom. The zero-order valence-electron chi connectivity index (χ0n) is 14.0. The van der Waals surface area contributed by atoms with Gasteiger partial charge in [-0.05, 0) is 42.9 Å². The number of halogens is 2. The van der Waals surface area contributed by atoms with Crippen LogP contribution in [0, 0.1) is 17.6 Å². The molecule has 2 N–H and O–H groups in total. The number of aromatic nitrogens is 2. The summed E-state index contributed by atoms with van der Waals surface area (Å²) < 4.78 is 26.4. The molecule has 134 valence electrons. The molecule has 5 nitrogen and oxygen atoms in total. The van der Waals surface area contributed by atoms with Crippen molar-refractivity contribution >= 4 is 11.6 Å². The van der Waals surface area contributed by atoms with Gasteiger partial charge in [0.25, 0.3) is 0 Å². The van der Waals surface area contributed by atoms with Gasteiger partial charge in [0.15, 0.2) is 0 Å². The van der Waals surface area contributed by atoms with E-state index in [9.17, 15) is 13.9 Å². The Balaban J connectivity index is 1.58. The van der Waals surface area contributed by atoms with Gasteiger partial charge >= 0.3 is 0 Å². The third kappa shape index (κ3) is 4.85. The number of nitrogens with zero attached hydrogens (tertiary/aromatic N) is 3. The first-order chi connectivity index (χ1) is 12.1. The van der Waals surface area contributed by atoms with Crippen molar-refractivity contribution in [1.29, 1.82) is 0 Å². The van der Waals surface area contributed by atoms with Crippen molar-refractivity contribution in [1.82, 2.24) is 9.97 Å². The van der Waals surface area contributed by atoms with E-state index in [2.05, 4.69) is 20.2 Å². The number of piperidine rings is 1. The van der Waals surface area contributed by atoms with Crippen LogP contribution in [-0.4, -0.2) is 41.3 Å². The molecule has 1 aromatic heterocycles. The Bertz CT molecular complexity index is 693. The maximum absolute atomic E-state index is 13.2. The normalized spacial score (nSPS) is 17.6. The molecule has 0 unspecified atom stereocenters. The van der Waals surface area contributed by atoms with E-state index in [0.29, 0.717) is 24.3 Å². The molecule has 2 heterocycles. The van der Waals surface area contributed by atoms with E-state index in [1.165, 1.54) is 18.5 Å². The standard InChI is InChI=1S/C18H22F2N4O/c19-15-6-13(7-16(20)8-15)3-4-21-17-9-18(23-12-22-17)24-5-1-2-14(10-24)11-25/h6-9,12,14,25H,1-5,10-11H2,(H,21,22,23)/t14-/m0/s1. The fraction of sp³-hybridized carbons (Fsp3) is 0.444. The fourth-order valence-corrected chi connectivity index (χ4v) is 3.13. The quantitative estimate of drug-likeness (QED) is 0.840. The Kier molecular flexibility index (Phi) is 5.75. The molecule has 0 amide bonds. The lowest BCUT2D eigenvalue weighted by atomic mass is 9.99. The largest absolute Gasteiger partial charge is 0.396 e. The van der Waals surface area contributed by atoms with Crippen LogP contribution in [0.5, 0.6) is 0 Å². The lowest BCUT2D eigenvalue weighted by Crippen LogP contribution is -2.37. The second kappa shape index (κ2) is 8.20. The van der Waals surface area contributed by atoms with Crippen LogP contribution in [0.1, 0.15) is 18.4 Å². The topological polar surface area (TPSA) is 61.3 Å². The van der Waals surface area contributed by atoms with Crippen LogP contribution in [0.25, 0.3) is 0 Å². The van der Waals surface area contributed by atoms with Gasteiger partial charge in [-0.1, -0.05) is 0 Å². The number of hydrogen-bond donors (Lipinski definition) is 2. The first-order valence-corrected chi connectivity index (χ1v) is 8.51. The summed E-state index contributed by atoms with van der Waals surface area (Å²) >= 11 is 0. The van der Waals surface area contributed by atoms with Crippen molar-refractivity contribution in [2.45, 2.75) is 19.3 Å². The average molecular weight is 348 g/mol. The molecule has 25 heavy (non-hydrogen) atoms. The minimum absolute atomic E-state index is 0.191. The summed E-state index contributed by atoms with van der Waals surface area (Å²) in [4.78, 5) is 10.7.